The van der Waals surface area contributed by atoms with Crippen LogP contribution in [-0.4, -0.2) is 39.2 Å². The maximum absolute atomic E-state index is 12.0. The average molecular weight is 429 g/mol. The van der Waals surface area contributed by atoms with Gasteiger partial charge in [0.25, 0.3) is 16.8 Å². The molecule has 1 heterocycles. The largest absolute Gasteiger partial charge is 0.480 e. The van der Waals surface area contributed by atoms with Gasteiger partial charge in [-0.25, -0.2) is 4.79 Å². The third-order valence-corrected chi connectivity index (χ3v) is 4.83. The van der Waals surface area contributed by atoms with E-state index >= 15 is 0 Å². The van der Waals surface area contributed by atoms with Crippen molar-refractivity contribution >= 4 is 40.5 Å². The molecular weight excluding hydrogens is 410 g/mol. The molecule has 0 saturated heterocycles. The molecule has 0 aliphatic heterocycles. The summed E-state index contributed by atoms with van der Waals surface area (Å²) >= 11 is 1.07. The van der Waals surface area contributed by atoms with E-state index in [4.69, 9.17) is 0 Å². The van der Waals surface area contributed by atoms with E-state index in [0.717, 1.165) is 18.0 Å². The normalized spacial score (nSPS) is 11.8. The highest BCUT2D eigenvalue weighted by Crippen LogP contribution is 2.18. The molecule has 1 amide bonds. The Bertz CT molecular complexity index is 1100. The average Bonchev–Trinajstić information content (AvgIpc) is 3.28. The van der Waals surface area contributed by atoms with Crippen molar-refractivity contribution in [3.63, 3.8) is 0 Å². The summed E-state index contributed by atoms with van der Waals surface area (Å²) < 4.78 is 3.63. The number of rotatable bonds is 10. The molecule has 4 N–H and O–H groups in total. The van der Waals surface area contributed by atoms with Gasteiger partial charge in [-0.15, -0.1) is 5.10 Å². The topological polar surface area (TPSA) is 150 Å². The standard InChI is InChI=1S/C19H19N5O5S/c1-2-7-20-14-15(17(26)16(14)25)22-12(19(28)29)8-10-3-5-11(6-4-10)21-18(27)13-9-30-24-23-13/h3-6,9,12,20,22H,2,7-8H2,1H3,(H,21,27)(H,28,29)/t12-/m0/s1. The van der Waals surface area contributed by atoms with Crippen LogP contribution in [0.1, 0.15) is 29.4 Å². The minimum absolute atomic E-state index is 0.00149. The molecule has 0 bridgehead atoms. The number of aliphatic carboxylic acids is 1. The van der Waals surface area contributed by atoms with Crippen LogP contribution in [0.4, 0.5) is 17.1 Å². The first-order valence-electron chi connectivity index (χ1n) is 9.14. The molecule has 0 spiro atoms. The van der Waals surface area contributed by atoms with Gasteiger partial charge in [-0.1, -0.05) is 23.5 Å². The van der Waals surface area contributed by atoms with E-state index in [1.165, 1.54) is 5.38 Å². The maximum atomic E-state index is 12.0. The van der Waals surface area contributed by atoms with Crippen molar-refractivity contribution in [3.05, 3.63) is 61.3 Å². The number of anilines is 3. The monoisotopic (exact) mass is 429 g/mol. The van der Waals surface area contributed by atoms with Crippen LogP contribution in [0.3, 0.4) is 0 Å². The first-order chi connectivity index (χ1) is 14.4. The van der Waals surface area contributed by atoms with Gasteiger partial charge in [-0.2, -0.15) is 0 Å². The Hall–Kier alpha value is -3.60. The Balaban J connectivity index is 1.67. The number of benzene rings is 1. The van der Waals surface area contributed by atoms with Crippen LogP contribution in [-0.2, 0) is 11.2 Å². The first-order valence-corrected chi connectivity index (χ1v) is 9.98. The lowest BCUT2D eigenvalue weighted by atomic mass is 10.0. The highest BCUT2D eigenvalue weighted by atomic mass is 32.1. The Kier molecular flexibility index (Phi) is 6.52. The summed E-state index contributed by atoms with van der Waals surface area (Å²) in [6, 6.07) is 5.52. The van der Waals surface area contributed by atoms with Crippen LogP contribution in [0.5, 0.6) is 0 Å². The predicted octanol–water partition coefficient (Wildman–Crippen LogP) is 1.32. The molecule has 1 atom stereocenters. The summed E-state index contributed by atoms with van der Waals surface area (Å²) in [5.41, 5.74) is 0.152. The number of amides is 1. The smallest absolute Gasteiger partial charge is 0.326 e. The van der Waals surface area contributed by atoms with E-state index in [-0.39, 0.29) is 23.5 Å². The fourth-order valence-corrected chi connectivity index (χ4v) is 3.18. The van der Waals surface area contributed by atoms with Crippen LogP contribution >= 0.6 is 11.5 Å². The zero-order chi connectivity index (χ0) is 21.7. The Morgan fingerprint density at radius 2 is 1.83 bits per heavy atom. The molecule has 3 rings (SSSR count). The number of carbonyl (C=O) groups excluding carboxylic acids is 1. The molecule has 0 radical (unpaired) electrons. The fraction of sp³-hybridized carbons (Fsp3) is 0.263. The molecule has 0 saturated carbocycles. The molecule has 2 aromatic carbocycles. The van der Waals surface area contributed by atoms with Crippen molar-refractivity contribution < 1.29 is 14.7 Å². The number of carboxylic acid groups (broad SMARTS) is 1. The van der Waals surface area contributed by atoms with Gasteiger partial charge in [0.1, 0.15) is 17.4 Å². The number of nitrogens with one attached hydrogen (secondary N) is 3. The van der Waals surface area contributed by atoms with Crippen molar-refractivity contribution in [1.29, 1.82) is 0 Å². The zero-order valence-corrected chi connectivity index (χ0v) is 16.8. The van der Waals surface area contributed by atoms with Crippen LogP contribution in [0.25, 0.3) is 0 Å². The van der Waals surface area contributed by atoms with E-state index in [1.807, 2.05) is 6.92 Å². The lowest BCUT2D eigenvalue weighted by Crippen LogP contribution is -2.42. The molecular formula is C19H19N5O5S. The Morgan fingerprint density at radius 3 is 2.43 bits per heavy atom. The van der Waals surface area contributed by atoms with Gasteiger partial charge in [0.15, 0.2) is 5.69 Å². The van der Waals surface area contributed by atoms with Gasteiger partial charge in [0.2, 0.25) is 0 Å². The molecule has 0 aliphatic rings. The summed E-state index contributed by atoms with van der Waals surface area (Å²) in [6.07, 6.45) is 0.827. The minimum Gasteiger partial charge on any atom is -0.480 e. The third kappa shape index (κ3) is 4.69. The molecule has 11 heteroatoms. The first kappa shape index (κ1) is 21.1. The quantitative estimate of drug-likeness (QED) is 0.350. The number of carbonyl (C=O) groups is 2. The SMILES string of the molecule is CCCNc1c(N[C@@H](Cc2ccc(NC(=O)c3csnn3)cc2)C(=O)O)c(=O)c1=O. The molecule has 0 unspecified atom stereocenters. The summed E-state index contributed by atoms with van der Waals surface area (Å²) in [5.74, 6) is -1.55. The zero-order valence-electron chi connectivity index (χ0n) is 16.0. The van der Waals surface area contributed by atoms with E-state index in [1.54, 1.807) is 24.3 Å². The van der Waals surface area contributed by atoms with Crippen LogP contribution < -0.4 is 26.8 Å². The van der Waals surface area contributed by atoms with E-state index in [9.17, 15) is 24.3 Å². The highest BCUT2D eigenvalue weighted by molar-refractivity contribution is 7.03. The fourth-order valence-electron chi connectivity index (χ4n) is 2.74. The van der Waals surface area contributed by atoms with Crippen molar-refractivity contribution in [2.45, 2.75) is 25.8 Å². The van der Waals surface area contributed by atoms with Crippen LogP contribution in [0.2, 0.25) is 0 Å². The molecule has 0 aliphatic carbocycles. The van der Waals surface area contributed by atoms with Crippen molar-refractivity contribution in [1.82, 2.24) is 9.59 Å². The van der Waals surface area contributed by atoms with Crippen LogP contribution in [0, 0.1) is 0 Å². The van der Waals surface area contributed by atoms with Gasteiger partial charge in [0.05, 0.1) is 0 Å². The predicted molar refractivity (Wildman–Crippen MR) is 113 cm³/mol. The van der Waals surface area contributed by atoms with Gasteiger partial charge in [0, 0.05) is 24.0 Å². The summed E-state index contributed by atoms with van der Waals surface area (Å²) in [5, 5.41) is 22.9. The number of nitrogens with zero attached hydrogens (tertiary/aromatic N) is 2. The lowest BCUT2D eigenvalue weighted by molar-refractivity contribution is -0.137. The number of aromatic nitrogens is 2. The minimum atomic E-state index is -1.15. The van der Waals surface area contributed by atoms with Gasteiger partial charge >= 0.3 is 5.97 Å². The summed E-state index contributed by atoms with van der Waals surface area (Å²) in [7, 11) is 0. The van der Waals surface area contributed by atoms with Crippen molar-refractivity contribution in [3.8, 4) is 0 Å². The van der Waals surface area contributed by atoms with Gasteiger partial charge in [-0.05, 0) is 35.6 Å². The Morgan fingerprint density at radius 1 is 1.13 bits per heavy atom. The van der Waals surface area contributed by atoms with E-state index in [2.05, 4.69) is 25.5 Å². The van der Waals surface area contributed by atoms with E-state index < -0.39 is 28.8 Å². The summed E-state index contributed by atoms with van der Waals surface area (Å²) in [4.78, 5) is 47.2. The number of carboxylic acids is 1. The number of hydrogen-bond acceptors (Lipinski definition) is 9. The van der Waals surface area contributed by atoms with Gasteiger partial charge < -0.3 is 21.1 Å². The van der Waals surface area contributed by atoms with Gasteiger partial charge in [-0.3, -0.25) is 14.4 Å². The molecule has 0 fully saturated rings. The second kappa shape index (κ2) is 9.27. The molecule has 3 aromatic rings. The van der Waals surface area contributed by atoms with E-state index in [0.29, 0.717) is 17.8 Å². The maximum Gasteiger partial charge on any atom is 0.326 e. The second-order valence-electron chi connectivity index (χ2n) is 6.52. The molecule has 1 aromatic heterocycles. The van der Waals surface area contributed by atoms with Crippen LogP contribution in [0.15, 0.2) is 39.2 Å². The van der Waals surface area contributed by atoms with Crippen molar-refractivity contribution in [2.75, 3.05) is 22.5 Å². The number of hydrogen-bond donors (Lipinski definition) is 4. The second-order valence-corrected chi connectivity index (χ2v) is 7.13. The highest BCUT2D eigenvalue weighted by Gasteiger charge is 2.26. The molecule has 10 nitrogen and oxygen atoms in total. The molecule has 30 heavy (non-hydrogen) atoms. The third-order valence-electron chi connectivity index (χ3n) is 4.32. The molecule has 156 valence electrons. The Labute approximate surface area is 174 Å². The summed E-state index contributed by atoms with van der Waals surface area (Å²) in [6.45, 7) is 2.41. The van der Waals surface area contributed by atoms with Crippen molar-refractivity contribution in [2.24, 2.45) is 0 Å². The lowest BCUT2D eigenvalue weighted by Gasteiger charge is -2.20.